The lowest BCUT2D eigenvalue weighted by Gasteiger charge is -2.28. The molecule has 26 heavy (non-hydrogen) atoms. The fourth-order valence-corrected chi connectivity index (χ4v) is 2.71. The fraction of sp³-hybridized carbons (Fsp3) is 0.611. The summed E-state index contributed by atoms with van der Waals surface area (Å²) in [4.78, 5) is 14.1. The molecule has 5 nitrogen and oxygen atoms in total. The first-order chi connectivity index (χ1) is 12.0. The molecular weight excluding hydrogens is 347 g/mol. The lowest BCUT2D eigenvalue weighted by atomic mass is 10.1. The van der Waals surface area contributed by atoms with Gasteiger partial charge in [-0.2, -0.15) is 13.2 Å². The Balaban J connectivity index is 2.14. The first kappa shape index (κ1) is 20.5. The molecule has 2 N–H and O–H groups in total. The molecule has 0 aliphatic carbocycles. The van der Waals surface area contributed by atoms with E-state index < -0.39 is 23.3 Å². The zero-order chi connectivity index (χ0) is 19.4. The minimum absolute atomic E-state index is 0.187. The molecule has 1 saturated heterocycles. The van der Waals surface area contributed by atoms with Crippen LogP contribution < -0.4 is 10.6 Å². The number of benzene rings is 1. The number of carbonyl (C=O) groups is 1. The van der Waals surface area contributed by atoms with Gasteiger partial charge in [0.2, 0.25) is 0 Å². The first-order valence-corrected chi connectivity index (χ1v) is 8.63. The van der Waals surface area contributed by atoms with E-state index in [4.69, 9.17) is 4.74 Å². The molecule has 0 bridgehead atoms. The maximum absolute atomic E-state index is 13.0. The van der Waals surface area contributed by atoms with Gasteiger partial charge >= 0.3 is 12.1 Å². The number of anilines is 1. The topological polar surface area (TPSA) is 53.6 Å². The van der Waals surface area contributed by atoms with Crippen LogP contribution in [0.3, 0.4) is 0 Å². The Hall–Kier alpha value is -1.80. The number of rotatable bonds is 5. The van der Waals surface area contributed by atoms with E-state index in [2.05, 4.69) is 15.5 Å². The van der Waals surface area contributed by atoms with Crippen LogP contribution in [0.15, 0.2) is 18.2 Å². The van der Waals surface area contributed by atoms with Gasteiger partial charge in [0.1, 0.15) is 12.1 Å². The van der Waals surface area contributed by atoms with Gasteiger partial charge in [-0.1, -0.05) is 6.07 Å². The maximum atomic E-state index is 13.0. The number of esters is 1. The largest absolute Gasteiger partial charge is 0.459 e. The molecule has 2 rings (SSSR count). The summed E-state index contributed by atoms with van der Waals surface area (Å²) in [7, 11) is 0. The van der Waals surface area contributed by atoms with Gasteiger partial charge in [0.25, 0.3) is 0 Å². The third-order valence-electron chi connectivity index (χ3n) is 3.88. The van der Waals surface area contributed by atoms with Crippen LogP contribution in [0.2, 0.25) is 0 Å². The second-order valence-electron chi connectivity index (χ2n) is 7.34. The summed E-state index contributed by atoms with van der Waals surface area (Å²) in [6.07, 6.45) is -4.43. The minimum Gasteiger partial charge on any atom is -0.459 e. The standard InChI is InChI=1S/C18H26F3N3O2/c1-17(2,3)26-16(25)11-23-15-10-14(18(19,20)21)5-4-13(15)12-24-8-6-22-7-9-24/h4-5,10,22-23H,6-9,11-12H2,1-3H3. The zero-order valence-corrected chi connectivity index (χ0v) is 15.4. The van der Waals surface area contributed by atoms with E-state index in [0.717, 1.165) is 43.9 Å². The highest BCUT2D eigenvalue weighted by Gasteiger charge is 2.31. The van der Waals surface area contributed by atoms with Crippen molar-refractivity contribution in [2.24, 2.45) is 0 Å². The van der Waals surface area contributed by atoms with Crippen molar-refractivity contribution in [2.75, 3.05) is 38.0 Å². The van der Waals surface area contributed by atoms with Crippen LogP contribution in [0.25, 0.3) is 0 Å². The van der Waals surface area contributed by atoms with Crippen molar-refractivity contribution in [3.63, 3.8) is 0 Å². The van der Waals surface area contributed by atoms with Gasteiger partial charge in [0.05, 0.1) is 5.56 Å². The molecule has 0 radical (unpaired) electrons. The van der Waals surface area contributed by atoms with Crippen molar-refractivity contribution in [1.29, 1.82) is 0 Å². The molecule has 1 heterocycles. The number of hydrogen-bond acceptors (Lipinski definition) is 5. The van der Waals surface area contributed by atoms with Crippen molar-refractivity contribution < 1.29 is 22.7 Å². The normalized spacial score (nSPS) is 16.4. The van der Waals surface area contributed by atoms with Gasteiger partial charge in [-0.15, -0.1) is 0 Å². The van der Waals surface area contributed by atoms with E-state index in [-0.39, 0.29) is 6.54 Å². The summed E-state index contributed by atoms with van der Waals surface area (Å²) in [5.41, 5.74) is -0.350. The number of hydrogen-bond donors (Lipinski definition) is 2. The summed E-state index contributed by atoms with van der Waals surface area (Å²) < 4.78 is 44.3. The molecule has 1 aliphatic rings. The van der Waals surface area contributed by atoms with Gasteiger partial charge in [-0.25, -0.2) is 0 Å². The molecule has 1 fully saturated rings. The Kier molecular flexibility index (Phi) is 6.52. The number of halogens is 3. The zero-order valence-electron chi connectivity index (χ0n) is 15.4. The molecule has 0 aromatic heterocycles. The number of alkyl halides is 3. The fourth-order valence-electron chi connectivity index (χ4n) is 2.71. The van der Waals surface area contributed by atoms with Crippen molar-refractivity contribution in [1.82, 2.24) is 10.2 Å². The number of carbonyl (C=O) groups excluding carboxylic acids is 1. The summed E-state index contributed by atoms with van der Waals surface area (Å²) in [5, 5.41) is 6.06. The molecule has 146 valence electrons. The highest BCUT2D eigenvalue weighted by Crippen LogP contribution is 2.32. The highest BCUT2D eigenvalue weighted by molar-refractivity contribution is 5.76. The third-order valence-corrected chi connectivity index (χ3v) is 3.88. The van der Waals surface area contributed by atoms with Gasteiger partial charge in [0, 0.05) is 38.4 Å². The average molecular weight is 373 g/mol. The summed E-state index contributed by atoms with van der Waals surface area (Å²) in [6.45, 7) is 8.91. The Labute approximate surface area is 151 Å². The van der Waals surface area contributed by atoms with Crippen LogP contribution in [-0.4, -0.2) is 49.2 Å². The molecule has 1 aromatic rings. The molecule has 8 heteroatoms. The van der Waals surface area contributed by atoms with Gasteiger partial charge < -0.3 is 15.4 Å². The molecule has 1 aliphatic heterocycles. The monoisotopic (exact) mass is 373 g/mol. The number of piperazine rings is 1. The second-order valence-corrected chi connectivity index (χ2v) is 7.34. The number of nitrogens with one attached hydrogen (secondary N) is 2. The van der Waals surface area contributed by atoms with Crippen LogP contribution in [0.5, 0.6) is 0 Å². The minimum atomic E-state index is -4.43. The van der Waals surface area contributed by atoms with E-state index in [0.29, 0.717) is 12.2 Å². The molecule has 0 saturated carbocycles. The predicted octanol–water partition coefficient (Wildman–Crippen LogP) is 2.86. The Morgan fingerprint density at radius 3 is 2.46 bits per heavy atom. The number of nitrogens with zero attached hydrogens (tertiary/aromatic N) is 1. The van der Waals surface area contributed by atoms with Crippen LogP contribution in [0.4, 0.5) is 18.9 Å². The highest BCUT2D eigenvalue weighted by atomic mass is 19.4. The average Bonchev–Trinajstić information content (AvgIpc) is 2.52. The Morgan fingerprint density at radius 1 is 1.23 bits per heavy atom. The van der Waals surface area contributed by atoms with Crippen molar-refractivity contribution in [3.05, 3.63) is 29.3 Å². The lowest BCUT2D eigenvalue weighted by Crippen LogP contribution is -2.43. The Bertz CT molecular complexity index is 621. The molecule has 1 aromatic carbocycles. The molecular formula is C18H26F3N3O2. The van der Waals surface area contributed by atoms with Crippen molar-refractivity contribution in [3.8, 4) is 0 Å². The van der Waals surface area contributed by atoms with Crippen LogP contribution in [0, 0.1) is 0 Å². The second kappa shape index (κ2) is 8.26. The van der Waals surface area contributed by atoms with Crippen LogP contribution in [-0.2, 0) is 22.3 Å². The summed E-state index contributed by atoms with van der Waals surface area (Å²) in [5.74, 6) is -0.511. The summed E-state index contributed by atoms with van der Waals surface area (Å²) in [6, 6.07) is 3.61. The lowest BCUT2D eigenvalue weighted by molar-refractivity contribution is -0.152. The first-order valence-electron chi connectivity index (χ1n) is 8.63. The van der Waals surface area contributed by atoms with Crippen LogP contribution in [0.1, 0.15) is 31.9 Å². The van der Waals surface area contributed by atoms with Crippen molar-refractivity contribution in [2.45, 2.75) is 39.1 Å². The smallest absolute Gasteiger partial charge is 0.416 e. The molecule has 0 spiro atoms. The molecule has 0 atom stereocenters. The predicted molar refractivity (Wildman–Crippen MR) is 93.9 cm³/mol. The molecule has 0 unspecified atom stereocenters. The molecule has 0 amide bonds. The number of ether oxygens (including phenoxy) is 1. The Morgan fingerprint density at radius 2 is 1.88 bits per heavy atom. The van der Waals surface area contributed by atoms with Gasteiger partial charge in [0.15, 0.2) is 0 Å². The van der Waals surface area contributed by atoms with Crippen molar-refractivity contribution >= 4 is 11.7 Å². The third kappa shape index (κ3) is 6.49. The van der Waals surface area contributed by atoms with Gasteiger partial charge in [-0.3, -0.25) is 9.69 Å². The van der Waals surface area contributed by atoms with E-state index in [1.165, 1.54) is 6.07 Å². The summed E-state index contributed by atoms with van der Waals surface area (Å²) >= 11 is 0. The maximum Gasteiger partial charge on any atom is 0.416 e. The van der Waals surface area contributed by atoms with E-state index in [9.17, 15) is 18.0 Å². The quantitative estimate of drug-likeness (QED) is 0.778. The van der Waals surface area contributed by atoms with E-state index in [1.54, 1.807) is 20.8 Å². The van der Waals surface area contributed by atoms with Gasteiger partial charge in [-0.05, 0) is 38.5 Å². The van der Waals surface area contributed by atoms with E-state index >= 15 is 0 Å². The van der Waals surface area contributed by atoms with Crippen LogP contribution >= 0.6 is 0 Å². The van der Waals surface area contributed by atoms with E-state index in [1.807, 2.05) is 0 Å². The SMILES string of the molecule is CC(C)(C)OC(=O)CNc1cc(C(F)(F)F)ccc1CN1CCNCC1.